The number of unbranched alkanes of at least 4 members (excludes halogenated alkanes) is 7. The van der Waals surface area contributed by atoms with Crippen LogP contribution in [0.15, 0.2) is 12.8 Å². The zero-order valence-electron chi connectivity index (χ0n) is 21.1. The summed E-state index contributed by atoms with van der Waals surface area (Å²) in [6, 6.07) is 0. The van der Waals surface area contributed by atoms with Gasteiger partial charge in [0.2, 0.25) is 11.8 Å². The molecule has 0 radical (unpaired) electrons. The molecule has 0 aromatic carbocycles. The monoisotopic (exact) mass is 468 g/mol. The van der Waals surface area contributed by atoms with Gasteiger partial charge in [-0.05, 0) is 32.7 Å². The average Bonchev–Trinajstić information content (AvgIpc) is 2.81. The summed E-state index contributed by atoms with van der Waals surface area (Å²) >= 11 is 0. The van der Waals surface area contributed by atoms with E-state index in [4.69, 9.17) is 4.74 Å². The maximum atomic E-state index is 12.3. The predicted molar refractivity (Wildman–Crippen MR) is 134 cm³/mol. The third-order valence-electron chi connectivity index (χ3n) is 5.60. The van der Waals surface area contributed by atoms with Crippen LogP contribution >= 0.6 is 0 Å². The molecule has 0 unspecified atom stereocenters. The molecule has 0 saturated heterocycles. The van der Waals surface area contributed by atoms with Crippen molar-refractivity contribution in [2.45, 2.75) is 70.6 Å². The Kier molecular flexibility index (Phi) is 21.9. The van der Waals surface area contributed by atoms with Crippen LogP contribution in [0.3, 0.4) is 0 Å². The van der Waals surface area contributed by atoms with Crippen LogP contribution < -0.4 is 10.6 Å². The molecule has 8 heteroatoms. The average molecular weight is 469 g/mol. The second-order valence-corrected chi connectivity index (χ2v) is 8.43. The largest absolute Gasteiger partial charge is 0.502 e. The summed E-state index contributed by atoms with van der Waals surface area (Å²) < 4.78 is 5.09. The minimum Gasteiger partial charge on any atom is -0.502 e. The summed E-state index contributed by atoms with van der Waals surface area (Å²) in [4.78, 5) is 38.8. The maximum absolute atomic E-state index is 12.3. The smallest absolute Gasteiger partial charge is 0.222 e. The van der Waals surface area contributed by atoms with Crippen molar-refractivity contribution in [1.82, 2.24) is 20.4 Å². The highest BCUT2D eigenvalue weighted by Gasteiger charge is 2.11. The summed E-state index contributed by atoms with van der Waals surface area (Å²) in [5.74, 6) is 0.273. The Hall–Kier alpha value is -1.93. The van der Waals surface area contributed by atoms with Crippen LogP contribution in [0, 0.1) is 0 Å². The third-order valence-corrected chi connectivity index (χ3v) is 5.60. The van der Waals surface area contributed by atoms with Crippen LogP contribution in [0.1, 0.15) is 70.6 Å². The van der Waals surface area contributed by atoms with E-state index in [1.54, 1.807) is 4.90 Å². The summed E-state index contributed by atoms with van der Waals surface area (Å²) in [5, 5.41) is 6.18. The van der Waals surface area contributed by atoms with Crippen LogP contribution in [0.5, 0.6) is 0 Å². The first kappa shape index (κ1) is 31.1. The van der Waals surface area contributed by atoms with Gasteiger partial charge in [-0.1, -0.05) is 32.3 Å². The van der Waals surface area contributed by atoms with Gasteiger partial charge < -0.3 is 25.1 Å². The highest BCUT2D eigenvalue weighted by molar-refractivity contribution is 5.76. The number of rotatable bonds is 24. The lowest BCUT2D eigenvalue weighted by Crippen LogP contribution is -2.42. The molecule has 0 aliphatic carbocycles. The van der Waals surface area contributed by atoms with Crippen molar-refractivity contribution in [3.05, 3.63) is 12.8 Å². The van der Waals surface area contributed by atoms with Gasteiger partial charge in [0.1, 0.15) is 6.29 Å². The molecular weight excluding hydrogens is 420 g/mol. The number of likely N-dealkylation sites (N-methyl/N-ethyl adjacent to an activating group) is 2. The van der Waals surface area contributed by atoms with Crippen molar-refractivity contribution in [2.24, 2.45) is 0 Å². The zero-order valence-corrected chi connectivity index (χ0v) is 21.1. The Balaban J connectivity index is 4.01. The summed E-state index contributed by atoms with van der Waals surface area (Å²) in [6.07, 6.45) is 11.9. The van der Waals surface area contributed by atoms with Crippen LogP contribution in [0.2, 0.25) is 0 Å². The normalized spacial score (nSPS) is 10.8. The molecule has 0 atom stereocenters. The van der Waals surface area contributed by atoms with Gasteiger partial charge >= 0.3 is 0 Å². The number of carbonyl (C=O) groups excluding carboxylic acids is 3. The minimum atomic E-state index is 0.103. The van der Waals surface area contributed by atoms with E-state index in [0.29, 0.717) is 39.0 Å². The van der Waals surface area contributed by atoms with Crippen LogP contribution in [-0.2, 0) is 19.1 Å². The number of nitrogens with one attached hydrogen (secondary N) is 2. The standard InChI is InChI=1S/C25H48N4O4/c1-4-33-23-13-9-7-10-14-24(31)27-17-19-29(18-16-26-2)21-20-28(3)25(32)15-11-6-5-8-12-22-30/h4,22,26H,1,5-21,23H2,2-3H3,(H,27,31). The van der Waals surface area contributed by atoms with Gasteiger partial charge in [0.05, 0.1) is 12.9 Å². The second kappa shape index (κ2) is 23.2. The molecular formula is C25H48N4O4. The Morgan fingerprint density at radius 1 is 0.879 bits per heavy atom. The van der Waals surface area contributed by atoms with Crippen molar-refractivity contribution >= 4 is 18.1 Å². The lowest BCUT2D eigenvalue weighted by molar-refractivity contribution is -0.130. The fraction of sp³-hybridized carbons (Fsp3) is 0.800. The summed E-state index contributed by atoms with van der Waals surface area (Å²) in [6.45, 7) is 8.80. The van der Waals surface area contributed by atoms with E-state index in [1.807, 2.05) is 14.1 Å². The zero-order chi connectivity index (χ0) is 24.6. The van der Waals surface area contributed by atoms with Gasteiger partial charge in [0.25, 0.3) is 0 Å². The second-order valence-electron chi connectivity index (χ2n) is 8.43. The van der Waals surface area contributed by atoms with Crippen molar-refractivity contribution in [2.75, 3.05) is 60.0 Å². The van der Waals surface area contributed by atoms with Gasteiger partial charge in [-0.2, -0.15) is 0 Å². The van der Waals surface area contributed by atoms with Gasteiger partial charge in [-0.15, -0.1) is 0 Å². The lowest BCUT2D eigenvalue weighted by atomic mass is 10.1. The molecule has 2 N–H and O–H groups in total. The molecule has 0 aromatic heterocycles. The molecule has 0 aliphatic heterocycles. The van der Waals surface area contributed by atoms with Crippen LogP contribution in [0.25, 0.3) is 0 Å². The molecule has 8 nitrogen and oxygen atoms in total. The maximum Gasteiger partial charge on any atom is 0.222 e. The third kappa shape index (κ3) is 20.4. The van der Waals surface area contributed by atoms with Gasteiger partial charge in [-0.25, -0.2) is 0 Å². The van der Waals surface area contributed by atoms with Crippen LogP contribution in [-0.4, -0.2) is 87.9 Å². The lowest BCUT2D eigenvalue weighted by Gasteiger charge is -2.26. The van der Waals surface area contributed by atoms with Crippen molar-refractivity contribution in [3.8, 4) is 0 Å². The van der Waals surface area contributed by atoms with E-state index in [0.717, 1.165) is 83.8 Å². The fourth-order valence-electron chi connectivity index (χ4n) is 3.42. The van der Waals surface area contributed by atoms with Crippen molar-refractivity contribution < 1.29 is 19.1 Å². The first-order valence-corrected chi connectivity index (χ1v) is 12.6. The quantitative estimate of drug-likeness (QED) is 0.129. The number of hydrogen-bond acceptors (Lipinski definition) is 6. The van der Waals surface area contributed by atoms with E-state index in [-0.39, 0.29) is 11.8 Å². The molecule has 0 aliphatic rings. The molecule has 0 rings (SSSR count). The molecule has 0 bridgehead atoms. The number of hydrogen-bond donors (Lipinski definition) is 2. The number of carbonyl (C=O) groups is 3. The van der Waals surface area contributed by atoms with E-state index >= 15 is 0 Å². The molecule has 0 heterocycles. The Morgan fingerprint density at radius 2 is 1.55 bits per heavy atom. The number of amides is 2. The van der Waals surface area contributed by atoms with E-state index in [2.05, 4.69) is 22.1 Å². The molecule has 0 saturated carbocycles. The number of aldehydes is 1. The Labute approximate surface area is 201 Å². The summed E-state index contributed by atoms with van der Waals surface area (Å²) in [5.41, 5.74) is 0. The SMILES string of the molecule is C=COCCCCCCC(=O)NCCN(CCNC)CCN(C)C(=O)CCCCCCC=O. The molecule has 33 heavy (non-hydrogen) atoms. The van der Waals surface area contributed by atoms with E-state index < -0.39 is 0 Å². The first-order chi connectivity index (χ1) is 16.0. The number of ether oxygens (including phenoxy) is 1. The minimum absolute atomic E-state index is 0.103. The van der Waals surface area contributed by atoms with Gasteiger partial charge in [-0.3, -0.25) is 14.5 Å². The van der Waals surface area contributed by atoms with E-state index in [1.165, 1.54) is 6.26 Å². The van der Waals surface area contributed by atoms with Gasteiger partial charge in [0, 0.05) is 65.6 Å². The van der Waals surface area contributed by atoms with Crippen LogP contribution in [0.4, 0.5) is 0 Å². The summed E-state index contributed by atoms with van der Waals surface area (Å²) in [7, 11) is 3.78. The van der Waals surface area contributed by atoms with Crippen molar-refractivity contribution in [3.63, 3.8) is 0 Å². The van der Waals surface area contributed by atoms with Crippen molar-refractivity contribution in [1.29, 1.82) is 0 Å². The predicted octanol–water partition coefficient (Wildman–Crippen LogP) is 2.73. The molecule has 0 spiro atoms. The Bertz CT molecular complexity index is 517. The Morgan fingerprint density at radius 3 is 2.24 bits per heavy atom. The van der Waals surface area contributed by atoms with E-state index in [9.17, 15) is 14.4 Å². The molecule has 0 fully saturated rings. The van der Waals surface area contributed by atoms with Gasteiger partial charge in [0.15, 0.2) is 0 Å². The topological polar surface area (TPSA) is 91.0 Å². The number of nitrogens with zero attached hydrogens (tertiary/aromatic N) is 2. The fourth-order valence-corrected chi connectivity index (χ4v) is 3.42. The highest BCUT2D eigenvalue weighted by Crippen LogP contribution is 2.06. The highest BCUT2D eigenvalue weighted by atomic mass is 16.5. The molecule has 192 valence electrons. The molecule has 0 aromatic rings. The first-order valence-electron chi connectivity index (χ1n) is 12.6. The molecule has 2 amide bonds.